The van der Waals surface area contributed by atoms with Crippen LogP contribution in [0.3, 0.4) is 0 Å². The SMILES string of the molecule is CCCCCCCC(=O)OCCOCCOCCOCCOCCOCCOCCOCCOCCOCCOCCOCCCCCCI. The second kappa shape index (κ2) is 46.8. The Morgan fingerprint density at radius 3 is 0.960 bits per heavy atom. The Bertz CT molecular complexity index is 637. The number of unbranched alkanes of at least 4 members (excludes halogenated alkanes) is 7. The summed E-state index contributed by atoms with van der Waals surface area (Å²) < 4.78 is 66.8. The van der Waals surface area contributed by atoms with Crippen LogP contribution >= 0.6 is 22.6 Å². The molecule has 0 bridgehead atoms. The van der Waals surface area contributed by atoms with Crippen LogP contribution in [-0.2, 0) is 61.6 Å². The van der Waals surface area contributed by atoms with Crippen LogP contribution in [-0.4, -0.2) is 162 Å². The molecule has 0 heterocycles. The number of carbonyl (C=O) groups is 1. The third kappa shape index (κ3) is 45.8. The summed E-state index contributed by atoms with van der Waals surface area (Å²) in [6, 6.07) is 0. The Morgan fingerprint density at radius 1 is 0.340 bits per heavy atom. The van der Waals surface area contributed by atoms with Gasteiger partial charge in [-0.2, -0.15) is 0 Å². The standard InChI is InChI=1S/C36H71IO13/c1-2-3-4-5-8-11-36(38)50-35-34-49-33-32-48-31-30-47-29-28-46-27-26-45-25-24-44-23-22-43-21-20-42-19-18-41-17-16-40-15-14-39-13-10-7-6-9-12-37/h2-35H2,1H3. The number of halogens is 1. The lowest BCUT2D eigenvalue weighted by atomic mass is 10.1. The van der Waals surface area contributed by atoms with Crippen LogP contribution in [0.5, 0.6) is 0 Å². The number of hydrogen-bond donors (Lipinski definition) is 0. The maximum atomic E-state index is 11.6. The van der Waals surface area contributed by atoms with Gasteiger partial charge >= 0.3 is 5.97 Å². The quantitative estimate of drug-likeness (QED) is 0.0351. The highest BCUT2D eigenvalue weighted by Gasteiger charge is 2.02. The van der Waals surface area contributed by atoms with Crippen molar-refractivity contribution in [3.63, 3.8) is 0 Å². The number of rotatable bonds is 45. The highest BCUT2D eigenvalue weighted by Crippen LogP contribution is 2.05. The fraction of sp³-hybridized carbons (Fsp3) is 0.972. The van der Waals surface area contributed by atoms with E-state index < -0.39 is 0 Å². The first-order valence-corrected chi connectivity index (χ1v) is 20.4. The summed E-state index contributed by atoms with van der Waals surface area (Å²) in [5.41, 5.74) is 0. The molecule has 0 aliphatic carbocycles. The molecule has 0 saturated carbocycles. The molecule has 0 aromatic heterocycles. The van der Waals surface area contributed by atoms with Crippen LogP contribution in [0.2, 0.25) is 0 Å². The molecule has 0 N–H and O–H groups in total. The van der Waals surface area contributed by atoms with E-state index in [1.807, 2.05) is 0 Å². The second-order valence-electron chi connectivity index (χ2n) is 11.2. The Balaban J connectivity index is 3.08. The van der Waals surface area contributed by atoms with Gasteiger partial charge in [0.1, 0.15) is 6.61 Å². The molecule has 0 aliphatic heterocycles. The molecule has 0 aromatic rings. The van der Waals surface area contributed by atoms with Gasteiger partial charge in [-0.25, -0.2) is 0 Å². The molecule has 0 amide bonds. The van der Waals surface area contributed by atoms with E-state index in [9.17, 15) is 4.79 Å². The van der Waals surface area contributed by atoms with E-state index in [1.165, 1.54) is 43.0 Å². The van der Waals surface area contributed by atoms with E-state index in [0.717, 1.165) is 25.9 Å². The lowest BCUT2D eigenvalue weighted by molar-refractivity contribution is -0.145. The Morgan fingerprint density at radius 2 is 0.620 bits per heavy atom. The summed E-state index contributed by atoms with van der Waals surface area (Å²) >= 11 is 2.42. The molecular formula is C36H71IO13. The molecule has 300 valence electrons. The molecule has 14 heteroatoms. The molecule has 0 aromatic carbocycles. The van der Waals surface area contributed by atoms with Crippen molar-refractivity contribution in [2.45, 2.75) is 71.1 Å². The highest BCUT2D eigenvalue weighted by atomic mass is 127. The van der Waals surface area contributed by atoms with Crippen LogP contribution in [0.25, 0.3) is 0 Å². The number of alkyl halides is 1. The van der Waals surface area contributed by atoms with Crippen molar-refractivity contribution >= 4 is 28.6 Å². The first-order chi connectivity index (χ1) is 24.8. The zero-order valence-electron chi connectivity index (χ0n) is 31.2. The van der Waals surface area contributed by atoms with Gasteiger partial charge in [0.2, 0.25) is 0 Å². The van der Waals surface area contributed by atoms with E-state index in [0.29, 0.717) is 145 Å². The van der Waals surface area contributed by atoms with Crippen molar-refractivity contribution in [1.29, 1.82) is 0 Å². The average molecular weight is 839 g/mol. The molecule has 13 nitrogen and oxygen atoms in total. The fourth-order valence-corrected chi connectivity index (χ4v) is 4.65. The molecule has 0 unspecified atom stereocenters. The number of carbonyl (C=O) groups excluding carboxylic acids is 1. The zero-order chi connectivity index (χ0) is 36.1. The predicted molar refractivity (Wildman–Crippen MR) is 201 cm³/mol. The lowest BCUT2D eigenvalue weighted by Gasteiger charge is -2.09. The fourth-order valence-electron chi connectivity index (χ4n) is 4.11. The van der Waals surface area contributed by atoms with E-state index in [-0.39, 0.29) is 12.6 Å². The molecule has 0 rings (SSSR count). The van der Waals surface area contributed by atoms with E-state index >= 15 is 0 Å². The van der Waals surface area contributed by atoms with E-state index in [1.54, 1.807) is 0 Å². The molecule has 0 spiro atoms. The third-order valence-corrected chi connectivity index (χ3v) is 7.63. The molecule has 0 aliphatic rings. The van der Waals surface area contributed by atoms with Crippen LogP contribution < -0.4 is 0 Å². The summed E-state index contributed by atoms with van der Waals surface area (Å²) in [7, 11) is 0. The van der Waals surface area contributed by atoms with Crippen LogP contribution in [0.15, 0.2) is 0 Å². The lowest BCUT2D eigenvalue weighted by Crippen LogP contribution is -2.15. The summed E-state index contributed by atoms with van der Waals surface area (Å²) in [5, 5.41) is 0. The van der Waals surface area contributed by atoms with Crippen molar-refractivity contribution < 1.29 is 61.6 Å². The molecule has 0 radical (unpaired) electrons. The minimum absolute atomic E-state index is 0.146. The minimum Gasteiger partial charge on any atom is -0.463 e. The molecule has 50 heavy (non-hydrogen) atoms. The van der Waals surface area contributed by atoms with Crippen molar-refractivity contribution in [3.8, 4) is 0 Å². The molecular weight excluding hydrogens is 767 g/mol. The molecule has 0 fully saturated rings. The first-order valence-electron chi connectivity index (χ1n) is 18.9. The van der Waals surface area contributed by atoms with Crippen LogP contribution in [0, 0.1) is 0 Å². The van der Waals surface area contributed by atoms with E-state index in [2.05, 4.69) is 29.5 Å². The van der Waals surface area contributed by atoms with E-state index in [4.69, 9.17) is 56.8 Å². The maximum Gasteiger partial charge on any atom is 0.305 e. The topological polar surface area (TPSA) is 128 Å². The second-order valence-corrected chi connectivity index (χ2v) is 12.3. The van der Waals surface area contributed by atoms with Gasteiger partial charge in [-0.05, 0) is 23.7 Å². The van der Waals surface area contributed by atoms with Gasteiger partial charge in [-0.15, -0.1) is 0 Å². The minimum atomic E-state index is -0.146. The van der Waals surface area contributed by atoms with Crippen LogP contribution in [0.1, 0.15) is 71.1 Å². The Hall–Kier alpha value is -0.240. The molecule has 0 atom stereocenters. The van der Waals surface area contributed by atoms with Gasteiger partial charge < -0.3 is 56.8 Å². The summed E-state index contributed by atoms with van der Waals surface area (Å²) in [6.45, 7) is 14.1. The van der Waals surface area contributed by atoms with Gasteiger partial charge in [0, 0.05) is 13.0 Å². The molecule has 0 saturated heterocycles. The van der Waals surface area contributed by atoms with Crippen molar-refractivity contribution in [2.75, 3.05) is 156 Å². The zero-order valence-corrected chi connectivity index (χ0v) is 33.4. The predicted octanol–water partition coefficient (Wildman–Crippen LogP) is 5.07. The first kappa shape index (κ1) is 49.8. The monoisotopic (exact) mass is 838 g/mol. The van der Waals surface area contributed by atoms with Crippen molar-refractivity contribution in [2.24, 2.45) is 0 Å². The van der Waals surface area contributed by atoms with Gasteiger partial charge in [0.15, 0.2) is 0 Å². The number of hydrogen-bond acceptors (Lipinski definition) is 13. The van der Waals surface area contributed by atoms with Gasteiger partial charge in [0.25, 0.3) is 0 Å². The average Bonchev–Trinajstić information content (AvgIpc) is 3.12. The smallest absolute Gasteiger partial charge is 0.305 e. The van der Waals surface area contributed by atoms with Gasteiger partial charge in [-0.1, -0.05) is 68.0 Å². The normalized spacial score (nSPS) is 11.5. The maximum absolute atomic E-state index is 11.6. The third-order valence-electron chi connectivity index (χ3n) is 6.87. The van der Waals surface area contributed by atoms with Crippen molar-refractivity contribution in [1.82, 2.24) is 0 Å². The summed E-state index contributed by atoms with van der Waals surface area (Å²) in [4.78, 5) is 11.6. The van der Waals surface area contributed by atoms with Gasteiger partial charge in [-0.3, -0.25) is 4.79 Å². The van der Waals surface area contributed by atoms with Crippen LogP contribution in [0.4, 0.5) is 0 Å². The van der Waals surface area contributed by atoms with Gasteiger partial charge in [0.05, 0.1) is 139 Å². The summed E-state index contributed by atoms with van der Waals surface area (Å²) in [6.07, 6.45) is 11.0. The van der Waals surface area contributed by atoms with Crippen molar-refractivity contribution in [3.05, 3.63) is 0 Å². The largest absolute Gasteiger partial charge is 0.463 e. The highest BCUT2D eigenvalue weighted by molar-refractivity contribution is 14.1. The Kier molecular flexibility index (Phi) is 46.6. The number of esters is 1. The Labute approximate surface area is 316 Å². The summed E-state index contributed by atoms with van der Waals surface area (Å²) in [5.74, 6) is -0.146. The number of ether oxygens (including phenoxy) is 12.